The van der Waals surface area contributed by atoms with Gasteiger partial charge in [0.1, 0.15) is 0 Å². The quantitative estimate of drug-likeness (QED) is 0.855. The van der Waals surface area contributed by atoms with Gasteiger partial charge in [0.15, 0.2) is 5.78 Å². The van der Waals surface area contributed by atoms with Gasteiger partial charge in [0.05, 0.1) is 6.54 Å². The van der Waals surface area contributed by atoms with Crippen LogP contribution >= 0.6 is 11.3 Å². The van der Waals surface area contributed by atoms with Gasteiger partial charge in [0.25, 0.3) is 0 Å². The smallest absolute Gasteiger partial charge is 0.317 e. The van der Waals surface area contributed by atoms with Crippen molar-refractivity contribution in [3.05, 3.63) is 51.7 Å². The predicted molar refractivity (Wildman–Crippen MR) is 102 cm³/mol. The van der Waals surface area contributed by atoms with Gasteiger partial charge in [0.2, 0.25) is 0 Å². The monoisotopic (exact) mass is 357 g/mol. The lowest BCUT2D eigenvalue weighted by Gasteiger charge is -2.36. The van der Waals surface area contributed by atoms with Gasteiger partial charge in [-0.2, -0.15) is 0 Å². The first-order valence-corrected chi connectivity index (χ1v) is 9.34. The molecule has 0 aliphatic carbocycles. The maximum Gasteiger partial charge on any atom is 0.317 e. The summed E-state index contributed by atoms with van der Waals surface area (Å²) in [6, 6.07) is 9.75. The maximum atomic E-state index is 12.3. The first-order valence-electron chi connectivity index (χ1n) is 8.46. The Bertz CT molecular complexity index is 746. The summed E-state index contributed by atoms with van der Waals surface area (Å²) >= 11 is 1.67. The summed E-state index contributed by atoms with van der Waals surface area (Å²) in [7, 11) is 0. The van der Waals surface area contributed by atoms with E-state index >= 15 is 0 Å². The summed E-state index contributed by atoms with van der Waals surface area (Å²) in [6.07, 6.45) is 0. The van der Waals surface area contributed by atoms with E-state index in [1.807, 2.05) is 34.5 Å². The Hall–Kier alpha value is -2.34. The van der Waals surface area contributed by atoms with Crippen LogP contribution in [0, 0.1) is 6.92 Å². The molecule has 1 fully saturated rings. The number of hydrogen-bond acceptors (Lipinski definition) is 4. The van der Waals surface area contributed by atoms with Crippen LogP contribution in [0.2, 0.25) is 0 Å². The Balaban J connectivity index is 1.50. The second-order valence-corrected chi connectivity index (χ2v) is 7.26. The lowest BCUT2D eigenvalue weighted by atomic mass is 10.1. The van der Waals surface area contributed by atoms with Crippen molar-refractivity contribution in [3.8, 4) is 0 Å². The molecule has 2 aromatic rings. The molecule has 0 unspecified atom stereocenters. The number of thiophene rings is 1. The highest BCUT2D eigenvalue weighted by molar-refractivity contribution is 7.10. The number of aryl methyl sites for hydroxylation is 1. The van der Waals surface area contributed by atoms with Crippen LogP contribution in [0.4, 0.5) is 10.5 Å². The van der Waals surface area contributed by atoms with E-state index in [0.717, 1.165) is 24.3 Å². The van der Waals surface area contributed by atoms with E-state index < -0.39 is 0 Å². The molecule has 5 nitrogen and oxygen atoms in total. The number of ketones is 1. The Labute approximate surface area is 152 Å². The van der Waals surface area contributed by atoms with Crippen LogP contribution in [0.25, 0.3) is 0 Å². The van der Waals surface area contributed by atoms with Crippen molar-refractivity contribution in [2.45, 2.75) is 20.4 Å². The molecule has 1 saturated heterocycles. The lowest BCUT2D eigenvalue weighted by molar-refractivity contribution is 0.101. The third-order valence-corrected chi connectivity index (χ3v) is 5.60. The molecule has 0 radical (unpaired) electrons. The number of nitrogens with one attached hydrogen (secondary N) is 1. The van der Waals surface area contributed by atoms with Gasteiger partial charge in [-0.1, -0.05) is 0 Å². The standard InChI is InChI=1S/C19H23N3O2S/c1-14-7-12-25-18(14)13-20-19(24)22-10-8-21(9-11-22)17-5-3-16(4-6-17)15(2)23/h3-7,12H,8-11,13H2,1-2H3,(H,20,24). The normalized spacial score (nSPS) is 14.5. The number of hydrogen-bond donors (Lipinski definition) is 1. The SMILES string of the molecule is CC(=O)c1ccc(N2CCN(C(=O)NCc3sccc3C)CC2)cc1. The Morgan fingerprint density at radius 3 is 2.32 bits per heavy atom. The maximum absolute atomic E-state index is 12.3. The molecule has 2 amide bonds. The molecule has 0 spiro atoms. The summed E-state index contributed by atoms with van der Waals surface area (Å²) in [5.74, 6) is 0.0778. The zero-order chi connectivity index (χ0) is 17.8. The van der Waals surface area contributed by atoms with Gasteiger partial charge in [0, 0.05) is 42.3 Å². The van der Waals surface area contributed by atoms with Gasteiger partial charge in [-0.05, 0) is 55.1 Å². The van der Waals surface area contributed by atoms with Gasteiger partial charge in [-0.25, -0.2) is 4.79 Å². The molecule has 6 heteroatoms. The number of urea groups is 1. The Morgan fingerprint density at radius 1 is 1.08 bits per heavy atom. The lowest BCUT2D eigenvalue weighted by Crippen LogP contribution is -2.51. The third-order valence-electron chi connectivity index (χ3n) is 4.57. The summed E-state index contributed by atoms with van der Waals surface area (Å²) in [5.41, 5.74) is 3.05. The van der Waals surface area contributed by atoms with Gasteiger partial charge in [-0.15, -0.1) is 11.3 Å². The third kappa shape index (κ3) is 4.20. The van der Waals surface area contributed by atoms with Crippen molar-refractivity contribution in [2.24, 2.45) is 0 Å². The second-order valence-electron chi connectivity index (χ2n) is 6.26. The number of amides is 2. The first-order chi connectivity index (χ1) is 12.0. The fourth-order valence-corrected chi connectivity index (χ4v) is 3.77. The number of benzene rings is 1. The van der Waals surface area contributed by atoms with Gasteiger partial charge < -0.3 is 15.1 Å². The molecule has 1 aliphatic rings. The average Bonchev–Trinajstić information content (AvgIpc) is 3.05. The van der Waals surface area contributed by atoms with Crippen LogP contribution < -0.4 is 10.2 Å². The Kier molecular flexibility index (Phi) is 5.38. The number of Topliss-reactive ketones (excluding diaryl/α,β-unsaturated/α-hetero) is 1. The molecule has 25 heavy (non-hydrogen) atoms. The molecule has 1 N–H and O–H groups in total. The summed E-state index contributed by atoms with van der Waals surface area (Å²) in [4.78, 5) is 29.0. The second kappa shape index (κ2) is 7.70. The minimum atomic E-state index is -0.000576. The minimum absolute atomic E-state index is 0.000576. The first kappa shape index (κ1) is 17.5. The summed E-state index contributed by atoms with van der Waals surface area (Å²) in [5, 5.41) is 5.06. The number of nitrogens with zero attached hydrogens (tertiary/aromatic N) is 2. The highest BCUT2D eigenvalue weighted by Crippen LogP contribution is 2.18. The van der Waals surface area contributed by atoms with Crippen molar-refractivity contribution in [2.75, 3.05) is 31.1 Å². The fourth-order valence-electron chi connectivity index (χ4n) is 2.93. The highest BCUT2D eigenvalue weighted by Gasteiger charge is 2.21. The fraction of sp³-hybridized carbons (Fsp3) is 0.368. The van der Waals surface area contributed by atoms with Crippen LogP contribution in [0.15, 0.2) is 35.7 Å². The van der Waals surface area contributed by atoms with Gasteiger partial charge in [-0.3, -0.25) is 4.79 Å². The predicted octanol–water partition coefficient (Wildman–Crippen LogP) is 3.29. The zero-order valence-corrected chi connectivity index (χ0v) is 15.4. The molecule has 3 rings (SSSR count). The van der Waals surface area contributed by atoms with E-state index in [9.17, 15) is 9.59 Å². The molecule has 0 bridgehead atoms. The molecule has 1 aromatic heterocycles. The number of rotatable bonds is 4. The molecule has 1 aliphatic heterocycles. The number of anilines is 1. The van der Waals surface area contributed by atoms with Crippen molar-refractivity contribution in [3.63, 3.8) is 0 Å². The molecule has 1 aromatic carbocycles. The number of carbonyl (C=O) groups excluding carboxylic acids is 2. The largest absolute Gasteiger partial charge is 0.368 e. The van der Waals surface area contributed by atoms with E-state index in [0.29, 0.717) is 19.6 Å². The molecule has 2 heterocycles. The molecule has 132 valence electrons. The zero-order valence-electron chi connectivity index (χ0n) is 14.6. The van der Waals surface area contributed by atoms with Crippen LogP contribution in [-0.4, -0.2) is 42.9 Å². The van der Waals surface area contributed by atoms with E-state index in [-0.39, 0.29) is 11.8 Å². The topological polar surface area (TPSA) is 52.7 Å². The van der Waals surface area contributed by atoms with Crippen LogP contribution in [0.3, 0.4) is 0 Å². The van der Waals surface area contributed by atoms with Crippen LogP contribution in [0.1, 0.15) is 27.7 Å². The van der Waals surface area contributed by atoms with E-state index in [1.165, 1.54) is 10.4 Å². The van der Waals surface area contributed by atoms with Crippen molar-refractivity contribution in [1.82, 2.24) is 10.2 Å². The van der Waals surface area contributed by atoms with Crippen molar-refractivity contribution < 1.29 is 9.59 Å². The Morgan fingerprint density at radius 2 is 1.76 bits per heavy atom. The molecular formula is C19H23N3O2S. The van der Waals surface area contributed by atoms with Crippen molar-refractivity contribution >= 4 is 28.8 Å². The van der Waals surface area contributed by atoms with Crippen molar-refractivity contribution in [1.29, 1.82) is 0 Å². The van der Waals surface area contributed by atoms with Gasteiger partial charge >= 0.3 is 6.03 Å². The van der Waals surface area contributed by atoms with E-state index in [1.54, 1.807) is 18.3 Å². The highest BCUT2D eigenvalue weighted by atomic mass is 32.1. The average molecular weight is 357 g/mol. The molecular weight excluding hydrogens is 334 g/mol. The minimum Gasteiger partial charge on any atom is -0.368 e. The van der Waals surface area contributed by atoms with E-state index in [4.69, 9.17) is 0 Å². The summed E-state index contributed by atoms with van der Waals surface area (Å²) < 4.78 is 0. The molecule has 0 atom stereocenters. The van der Waals surface area contributed by atoms with Crippen LogP contribution in [0.5, 0.6) is 0 Å². The van der Waals surface area contributed by atoms with Crippen LogP contribution in [-0.2, 0) is 6.54 Å². The number of piperazine rings is 1. The summed E-state index contributed by atoms with van der Waals surface area (Å²) in [6.45, 7) is 7.22. The van der Waals surface area contributed by atoms with E-state index in [2.05, 4.69) is 23.2 Å². The molecule has 0 saturated carbocycles. The number of carbonyl (C=O) groups is 2.